The van der Waals surface area contributed by atoms with E-state index in [0.29, 0.717) is 23.7 Å². The van der Waals surface area contributed by atoms with Crippen LogP contribution in [0, 0.1) is 0 Å². The van der Waals surface area contributed by atoms with Crippen molar-refractivity contribution >= 4 is 17.1 Å². The maximum Gasteiger partial charge on any atom is 0.151 e. The van der Waals surface area contributed by atoms with Gasteiger partial charge in [-0.2, -0.15) is 0 Å². The molecule has 0 N–H and O–H groups in total. The third kappa shape index (κ3) is 6.30. The molecular formula is C48H49N5O. The number of rotatable bonds is 9. The first-order valence-electron chi connectivity index (χ1n) is 19.2. The molecule has 0 saturated heterocycles. The van der Waals surface area contributed by atoms with Crippen LogP contribution in [0.1, 0.15) is 101 Å². The molecule has 272 valence electrons. The number of ether oxygens (including phenoxy) is 1. The Morgan fingerprint density at radius 1 is 0.463 bits per heavy atom. The lowest BCUT2D eigenvalue weighted by Gasteiger charge is -2.33. The maximum absolute atomic E-state index is 6.52. The zero-order chi connectivity index (χ0) is 37.7. The molecule has 3 heterocycles. The van der Waals surface area contributed by atoms with Gasteiger partial charge in [-0.1, -0.05) is 116 Å². The molecule has 2 aromatic heterocycles. The average molecular weight is 712 g/mol. The Balaban J connectivity index is 1.20. The standard InChI is InChI=1S/C48H49N5O/c1-30(2)37-16-12-17-38(31(3)4)47(37)51-26-41(49-28-51)34-14-11-15-36(24-34)53-43-20-9-10-21-45(43)54-46-23-22-35(25-44(46)53)42-27-52(29-50-42)48-39(32(5)6)18-13-19-40(48)33(7)8/h9-33H,1-8H3. The van der Waals surface area contributed by atoms with Crippen molar-refractivity contribution in [2.75, 3.05) is 4.90 Å². The number of nitrogens with zero attached hydrogens (tertiary/aromatic N) is 5. The van der Waals surface area contributed by atoms with E-state index >= 15 is 0 Å². The molecular weight excluding hydrogens is 663 g/mol. The van der Waals surface area contributed by atoms with E-state index in [4.69, 9.17) is 14.7 Å². The number of imidazole rings is 2. The van der Waals surface area contributed by atoms with Gasteiger partial charge in [0.25, 0.3) is 0 Å². The number of hydrogen-bond donors (Lipinski definition) is 0. The minimum Gasteiger partial charge on any atom is -0.453 e. The Hall–Kier alpha value is -5.88. The smallest absolute Gasteiger partial charge is 0.151 e. The summed E-state index contributed by atoms with van der Waals surface area (Å²) in [5.74, 6) is 3.16. The molecule has 0 unspecified atom stereocenters. The van der Waals surface area contributed by atoms with E-state index < -0.39 is 0 Å². The summed E-state index contributed by atoms with van der Waals surface area (Å²) in [4.78, 5) is 12.2. The molecule has 1 aliphatic heterocycles. The van der Waals surface area contributed by atoms with E-state index in [2.05, 4.69) is 173 Å². The Morgan fingerprint density at radius 3 is 1.48 bits per heavy atom. The summed E-state index contributed by atoms with van der Waals surface area (Å²) in [5.41, 5.74) is 14.6. The molecule has 8 rings (SSSR count). The van der Waals surface area contributed by atoms with Gasteiger partial charge in [0.05, 0.1) is 46.8 Å². The molecule has 0 atom stereocenters. The summed E-state index contributed by atoms with van der Waals surface area (Å²) < 4.78 is 10.9. The molecule has 0 aliphatic carbocycles. The molecule has 54 heavy (non-hydrogen) atoms. The highest BCUT2D eigenvalue weighted by Gasteiger charge is 2.27. The van der Waals surface area contributed by atoms with E-state index in [1.54, 1.807) is 0 Å². The molecule has 6 nitrogen and oxygen atoms in total. The van der Waals surface area contributed by atoms with Crippen LogP contribution < -0.4 is 9.64 Å². The number of anilines is 3. The lowest BCUT2D eigenvalue weighted by atomic mass is 9.92. The molecule has 6 heteroatoms. The predicted octanol–water partition coefficient (Wildman–Crippen LogP) is 13.5. The molecule has 0 spiro atoms. The number of aromatic nitrogens is 4. The van der Waals surface area contributed by atoms with Gasteiger partial charge in [-0.25, -0.2) is 9.97 Å². The molecule has 1 aliphatic rings. The van der Waals surface area contributed by atoms with Gasteiger partial charge in [0.1, 0.15) is 0 Å². The monoisotopic (exact) mass is 711 g/mol. The first-order chi connectivity index (χ1) is 26.1. The largest absolute Gasteiger partial charge is 0.453 e. The van der Waals surface area contributed by atoms with Crippen molar-refractivity contribution in [1.82, 2.24) is 19.1 Å². The third-order valence-electron chi connectivity index (χ3n) is 10.6. The van der Waals surface area contributed by atoms with Gasteiger partial charge in [0, 0.05) is 29.2 Å². The van der Waals surface area contributed by atoms with Crippen LogP contribution in [0.3, 0.4) is 0 Å². The molecule has 0 saturated carbocycles. The fourth-order valence-electron chi connectivity index (χ4n) is 7.80. The molecule has 0 radical (unpaired) electrons. The first kappa shape index (κ1) is 35.2. The fraction of sp³-hybridized carbons (Fsp3) is 0.250. The van der Waals surface area contributed by atoms with E-state index in [1.807, 2.05) is 24.8 Å². The van der Waals surface area contributed by atoms with Crippen molar-refractivity contribution in [1.29, 1.82) is 0 Å². The quantitative estimate of drug-likeness (QED) is 0.150. The lowest BCUT2D eigenvalue weighted by molar-refractivity contribution is 0.477. The normalized spacial score (nSPS) is 12.5. The highest BCUT2D eigenvalue weighted by molar-refractivity contribution is 5.89. The summed E-state index contributed by atoms with van der Waals surface area (Å²) in [6.07, 6.45) is 8.25. The van der Waals surface area contributed by atoms with Crippen molar-refractivity contribution in [3.8, 4) is 45.4 Å². The zero-order valence-corrected chi connectivity index (χ0v) is 32.6. The Kier molecular flexibility index (Phi) is 9.22. The molecule has 0 fully saturated rings. The highest BCUT2D eigenvalue weighted by atomic mass is 16.5. The third-order valence-corrected chi connectivity index (χ3v) is 10.6. The van der Waals surface area contributed by atoms with Crippen LogP contribution >= 0.6 is 0 Å². The van der Waals surface area contributed by atoms with E-state index in [1.165, 1.54) is 33.6 Å². The zero-order valence-electron chi connectivity index (χ0n) is 32.6. The van der Waals surface area contributed by atoms with E-state index in [-0.39, 0.29) is 0 Å². The predicted molar refractivity (Wildman–Crippen MR) is 223 cm³/mol. The Labute approximate surface area is 319 Å². The van der Waals surface area contributed by atoms with Gasteiger partial charge in [0.2, 0.25) is 0 Å². The second-order valence-electron chi connectivity index (χ2n) is 15.7. The van der Waals surface area contributed by atoms with E-state index in [9.17, 15) is 0 Å². The minimum atomic E-state index is 0.386. The second kappa shape index (κ2) is 14.2. The van der Waals surface area contributed by atoms with Gasteiger partial charge < -0.3 is 18.8 Å². The van der Waals surface area contributed by atoms with Gasteiger partial charge >= 0.3 is 0 Å². The minimum absolute atomic E-state index is 0.386. The van der Waals surface area contributed by atoms with Gasteiger partial charge in [-0.15, -0.1) is 0 Å². The number of hydrogen-bond acceptors (Lipinski definition) is 4. The summed E-state index contributed by atoms with van der Waals surface area (Å²) in [6, 6.07) is 36.6. The van der Waals surface area contributed by atoms with Crippen molar-refractivity contribution in [2.24, 2.45) is 0 Å². The second-order valence-corrected chi connectivity index (χ2v) is 15.7. The van der Waals surface area contributed by atoms with Gasteiger partial charge in [0.15, 0.2) is 11.5 Å². The molecule has 5 aromatic carbocycles. The summed E-state index contributed by atoms with van der Waals surface area (Å²) in [6.45, 7) is 18.1. The van der Waals surface area contributed by atoms with Crippen LogP contribution in [0.25, 0.3) is 33.9 Å². The average Bonchev–Trinajstić information content (AvgIpc) is 3.87. The van der Waals surface area contributed by atoms with Crippen LogP contribution in [-0.2, 0) is 0 Å². The lowest BCUT2D eigenvalue weighted by Crippen LogP contribution is -2.16. The van der Waals surface area contributed by atoms with Crippen LogP contribution in [0.4, 0.5) is 17.1 Å². The van der Waals surface area contributed by atoms with Crippen LogP contribution in [0.5, 0.6) is 11.5 Å². The van der Waals surface area contributed by atoms with E-state index in [0.717, 1.165) is 51.1 Å². The summed E-state index contributed by atoms with van der Waals surface area (Å²) in [5, 5.41) is 0. The van der Waals surface area contributed by atoms with Crippen molar-refractivity contribution in [3.63, 3.8) is 0 Å². The van der Waals surface area contributed by atoms with Crippen LogP contribution in [0.2, 0.25) is 0 Å². The van der Waals surface area contributed by atoms with Gasteiger partial charge in [-0.3, -0.25) is 0 Å². The van der Waals surface area contributed by atoms with Gasteiger partial charge in [-0.05, 0) is 88.4 Å². The van der Waals surface area contributed by atoms with Crippen LogP contribution in [-0.4, -0.2) is 19.1 Å². The maximum atomic E-state index is 6.52. The fourth-order valence-corrected chi connectivity index (χ4v) is 7.80. The SMILES string of the molecule is CC(C)c1cccc(C(C)C)c1-n1cnc(-c2cccc(N3c4ccccc4Oc4ccc(-c5cn(-c6c(C(C)C)cccc6C(C)C)cn5)cc43)c2)c1. The number of benzene rings is 5. The van der Waals surface area contributed by atoms with Crippen LogP contribution in [0.15, 0.2) is 128 Å². The Morgan fingerprint density at radius 2 is 0.944 bits per heavy atom. The summed E-state index contributed by atoms with van der Waals surface area (Å²) >= 11 is 0. The molecule has 0 amide bonds. The number of para-hydroxylation sites is 4. The van der Waals surface area contributed by atoms with Crippen molar-refractivity contribution < 1.29 is 4.74 Å². The topological polar surface area (TPSA) is 48.1 Å². The molecule has 7 aromatic rings. The first-order valence-corrected chi connectivity index (χ1v) is 19.2. The number of fused-ring (bicyclic) bond motifs is 2. The highest BCUT2D eigenvalue weighted by Crippen LogP contribution is 2.51. The van der Waals surface area contributed by atoms with Crippen molar-refractivity contribution in [3.05, 3.63) is 150 Å². The Bertz CT molecular complexity index is 2410. The molecule has 0 bridgehead atoms. The van der Waals surface area contributed by atoms with Crippen molar-refractivity contribution in [2.45, 2.75) is 79.1 Å². The summed E-state index contributed by atoms with van der Waals surface area (Å²) in [7, 11) is 0.